The molecule has 0 fully saturated rings. The van der Waals surface area contributed by atoms with Crippen LogP contribution in [0.25, 0.3) is 11.5 Å². The number of halogens is 4. The lowest BCUT2D eigenvalue weighted by Gasteiger charge is -2.02. The van der Waals surface area contributed by atoms with Gasteiger partial charge in [-0.1, -0.05) is 46.9 Å². The molecule has 84 valence electrons. The Balaban J connectivity index is 2.44. The van der Waals surface area contributed by atoms with Gasteiger partial charge in [-0.25, -0.2) is 0 Å². The van der Waals surface area contributed by atoms with E-state index in [1.54, 1.807) is 0 Å². The van der Waals surface area contributed by atoms with Crippen LogP contribution in [0, 0.1) is 0 Å². The first-order valence-electron chi connectivity index (χ1n) is 4.14. The van der Waals surface area contributed by atoms with Crippen LogP contribution in [0.2, 0.25) is 0 Å². The standard InChI is InChI=1S/C9H4BrCl3N2O/c10-6-4-2-1-3-5(6)7-14-15-8(16-7)9(11,12)13/h1-4H. The van der Waals surface area contributed by atoms with Crippen LogP contribution < -0.4 is 0 Å². The van der Waals surface area contributed by atoms with Crippen molar-refractivity contribution in [2.24, 2.45) is 0 Å². The molecule has 0 atom stereocenters. The van der Waals surface area contributed by atoms with Gasteiger partial charge in [0.2, 0.25) is 5.89 Å². The topological polar surface area (TPSA) is 38.9 Å². The Bertz CT molecular complexity index is 509. The van der Waals surface area contributed by atoms with Crippen LogP contribution >= 0.6 is 50.7 Å². The number of hydrogen-bond donors (Lipinski definition) is 0. The van der Waals surface area contributed by atoms with Crippen molar-refractivity contribution in [1.29, 1.82) is 0 Å². The fourth-order valence-corrected chi connectivity index (χ4v) is 1.76. The lowest BCUT2D eigenvalue weighted by molar-refractivity contribution is 0.514. The van der Waals surface area contributed by atoms with E-state index in [-0.39, 0.29) is 5.89 Å². The molecule has 0 amide bonds. The third kappa shape index (κ3) is 2.51. The Morgan fingerprint density at radius 1 is 1.12 bits per heavy atom. The Labute approximate surface area is 115 Å². The first-order chi connectivity index (χ1) is 7.48. The summed E-state index contributed by atoms with van der Waals surface area (Å²) in [6.07, 6.45) is 0. The Kier molecular flexibility index (Phi) is 3.45. The summed E-state index contributed by atoms with van der Waals surface area (Å²) in [7, 11) is 0. The van der Waals surface area contributed by atoms with Gasteiger partial charge < -0.3 is 4.42 Å². The molecule has 0 unspecified atom stereocenters. The third-order valence-corrected chi connectivity index (χ3v) is 2.95. The summed E-state index contributed by atoms with van der Waals surface area (Å²) in [5, 5.41) is 7.49. The van der Waals surface area contributed by atoms with Gasteiger partial charge in [0.15, 0.2) is 0 Å². The average molecular weight is 342 g/mol. The summed E-state index contributed by atoms with van der Waals surface area (Å²) in [6.45, 7) is 0. The summed E-state index contributed by atoms with van der Waals surface area (Å²) >= 11 is 20.2. The number of rotatable bonds is 1. The summed E-state index contributed by atoms with van der Waals surface area (Å²) in [5.41, 5.74) is 0.746. The molecule has 2 aromatic rings. The zero-order chi connectivity index (χ0) is 11.8. The predicted octanol–water partition coefficient (Wildman–Crippen LogP) is 4.33. The van der Waals surface area contributed by atoms with Crippen molar-refractivity contribution in [3.05, 3.63) is 34.6 Å². The molecule has 0 aliphatic rings. The minimum absolute atomic E-state index is 0.0525. The SMILES string of the molecule is ClC(Cl)(Cl)c1nnc(-c2ccccc2Br)o1. The van der Waals surface area contributed by atoms with E-state index in [1.807, 2.05) is 24.3 Å². The van der Waals surface area contributed by atoms with Crippen LogP contribution in [0.4, 0.5) is 0 Å². The van der Waals surface area contributed by atoms with Gasteiger partial charge in [0, 0.05) is 4.47 Å². The van der Waals surface area contributed by atoms with Crippen LogP contribution in [0.3, 0.4) is 0 Å². The van der Waals surface area contributed by atoms with E-state index in [0.717, 1.165) is 10.0 Å². The largest absolute Gasteiger partial charge is 0.416 e. The monoisotopic (exact) mass is 340 g/mol. The number of aromatic nitrogens is 2. The molecule has 1 aromatic carbocycles. The molecule has 0 aliphatic carbocycles. The highest BCUT2D eigenvalue weighted by Gasteiger charge is 2.30. The van der Waals surface area contributed by atoms with Gasteiger partial charge in [0.25, 0.3) is 9.68 Å². The molecule has 0 aliphatic heterocycles. The van der Waals surface area contributed by atoms with Crippen LogP contribution in [-0.4, -0.2) is 10.2 Å². The molecule has 7 heteroatoms. The molecule has 2 rings (SSSR count). The molecule has 0 spiro atoms. The lowest BCUT2D eigenvalue weighted by atomic mass is 10.2. The fraction of sp³-hybridized carbons (Fsp3) is 0.111. The van der Waals surface area contributed by atoms with E-state index < -0.39 is 3.79 Å². The Morgan fingerprint density at radius 2 is 1.81 bits per heavy atom. The van der Waals surface area contributed by atoms with Crippen LogP contribution in [0.5, 0.6) is 0 Å². The second kappa shape index (κ2) is 4.53. The number of benzene rings is 1. The first kappa shape index (κ1) is 12.2. The zero-order valence-electron chi connectivity index (χ0n) is 7.62. The summed E-state index contributed by atoms with van der Waals surface area (Å²) < 4.78 is 4.39. The third-order valence-electron chi connectivity index (χ3n) is 1.77. The second-order valence-corrected chi connectivity index (χ2v) is 6.03. The maximum absolute atomic E-state index is 5.62. The van der Waals surface area contributed by atoms with Crippen molar-refractivity contribution in [2.45, 2.75) is 3.79 Å². The quantitative estimate of drug-likeness (QED) is 0.724. The van der Waals surface area contributed by atoms with Crippen molar-refractivity contribution in [1.82, 2.24) is 10.2 Å². The Hall–Kier alpha value is -0.290. The van der Waals surface area contributed by atoms with Crippen LogP contribution in [0.1, 0.15) is 5.89 Å². The van der Waals surface area contributed by atoms with Gasteiger partial charge >= 0.3 is 0 Å². The highest BCUT2D eigenvalue weighted by atomic mass is 79.9. The van der Waals surface area contributed by atoms with E-state index in [4.69, 9.17) is 39.2 Å². The van der Waals surface area contributed by atoms with E-state index >= 15 is 0 Å². The first-order valence-corrected chi connectivity index (χ1v) is 6.07. The lowest BCUT2D eigenvalue weighted by Crippen LogP contribution is -1.99. The second-order valence-electron chi connectivity index (χ2n) is 2.89. The Morgan fingerprint density at radius 3 is 2.38 bits per heavy atom. The zero-order valence-corrected chi connectivity index (χ0v) is 11.5. The van der Waals surface area contributed by atoms with Crippen LogP contribution in [-0.2, 0) is 3.79 Å². The number of nitrogens with zero attached hydrogens (tertiary/aromatic N) is 2. The summed E-state index contributed by atoms with van der Waals surface area (Å²) in [6, 6.07) is 7.40. The van der Waals surface area contributed by atoms with Crippen molar-refractivity contribution < 1.29 is 4.42 Å². The smallest absolute Gasteiger partial charge is 0.268 e. The molecule has 1 aromatic heterocycles. The molecule has 1 heterocycles. The average Bonchev–Trinajstić information content (AvgIpc) is 2.66. The van der Waals surface area contributed by atoms with E-state index in [0.29, 0.717) is 5.89 Å². The van der Waals surface area contributed by atoms with E-state index in [9.17, 15) is 0 Å². The van der Waals surface area contributed by atoms with Crippen molar-refractivity contribution in [2.75, 3.05) is 0 Å². The number of alkyl halides is 3. The molecular weight excluding hydrogens is 338 g/mol. The fourth-order valence-electron chi connectivity index (χ4n) is 1.08. The van der Waals surface area contributed by atoms with Gasteiger partial charge in [-0.05, 0) is 28.1 Å². The van der Waals surface area contributed by atoms with Crippen molar-refractivity contribution in [3.8, 4) is 11.5 Å². The highest BCUT2D eigenvalue weighted by molar-refractivity contribution is 9.10. The van der Waals surface area contributed by atoms with Crippen molar-refractivity contribution in [3.63, 3.8) is 0 Å². The van der Waals surface area contributed by atoms with Crippen LogP contribution in [0.15, 0.2) is 33.2 Å². The predicted molar refractivity (Wildman–Crippen MR) is 66.7 cm³/mol. The molecule has 0 radical (unpaired) electrons. The number of hydrogen-bond acceptors (Lipinski definition) is 3. The van der Waals surface area contributed by atoms with Crippen molar-refractivity contribution >= 4 is 50.7 Å². The molecule has 0 N–H and O–H groups in total. The van der Waals surface area contributed by atoms with E-state index in [1.165, 1.54) is 0 Å². The van der Waals surface area contributed by atoms with Gasteiger partial charge in [-0.3, -0.25) is 0 Å². The highest BCUT2D eigenvalue weighted by Crippen LogP contribution is 2.38. The van der Waals surface area contributed by atoms with Gasteiger partial charge in [-0.15, -0.1) is 10.2 Å². The normalized spacial score (nSPS) is 11.8. The molecule has 0 saturated carbocycles. The molecule has 16 heavy (non-hydrogen) atoms. The summed E-state index contributed by atoms with van der Waals surface area (Å²) in [5.74, 6) is 0.247. The molecule has 0 bridgehead atoms. The summed E-state index contributed by atoms with van der Waals surface area (Å²) in [4.78, 5) is 0. The van der Waals surface area contributed by atoms with Gasteiger partial charge in [0.05, 0.1) is 5.56 Å². The molecular formula is C9H4BrCl3N2O. The van der Waals surface area contributed by atoms with Gasteiger partial charge in [-0.2, -0.15) is 0 Å². The molecule has 3 nitrogen and oxygen atoms in total. The van der Waals surface area contributed by atoms with Gasteiger partial charge in [0.1, 0.15) is 0 Å². The molecule has 0 saturated heterocycles. The maximum Gasteiger partial charge on any atom is 0.268 e. The minimum Gasteiger partial charge on any atom is -0.416 e. The van der Waals surface area contributed by atoms with E-state index in [2.05, 4.69) is 26.1 Å². The minimum atomic E-state index is -1.70. The maximum atomic E-state index is 5.62.